The molecule has 2 heterocycles. The van der Waals surface area contributed by atoms with E-state index in [1.807, 2.05) is 141 Å². The quantitative estimate of drug-likeness (QED) is 0.0640. The molecule has 0 aromatic heterocycles. The van der Waals surface area contributed by atoms with Crippen molar-refractivity contribution in [3.05, 3.63) is 215 Å². The summed E-state index contributed by atoms with van der Waals surface area (Å²) in [5.74, 6) is -2.44. The van der Waals surface area contributed by atoms with Crippen LogP contribution in [0.1, 0.15) is 78.3 Å². The molecule has 0 unspecified atom stereocenters. The highest BCUT2D eigenvalue weighted by Gasteiger charge is 2.45. The van der Waals surface area contributed by atoms with Crippen molar-refractivity contribution in [2.45, 2.75) is 82.0 Å². The molecule has 13 heteroatoms. The number of nitrogens with zero attached hydrogens (tertiary/aromatic N) is 3. The number of carbonyl (C=O) groups excluding carboxylic acids is 4. The smallest absolute Gasteiger partial charge is 0.328 e. The number of hydrogen-bond acceptors (Lipinski definition) is 9. The Morgan fingerprint density at radius 1 is 0.568 bits per heavy atom. The van der Waals surface area contributed by atoms with Crippen molar-refractivity contribution in [2.24, 2.45) is 0 Å². The highest BCUT2D eigenvalue weighted by molar-refractivity contribution is 5.92. The lowest BCUT2D eigenvalue weighted by Gasteiger charge is -2.29. The Labute approximate surface area is 436 Å². The molecular formula is C61H72F2N4O7. The molecule has 2 saturated heterocycles. The number of likely N-dealkylation sites (N-methyl/N-ethyl adjacent to an activating group) is 1. The predicted molar refractivity (Wildman–Crippen MR) is 286 cm³/mol. The molecule has 392 valence electrons. The predicted octanol–water partition coefficient (Wildman–Crippen LogP) is 9.23. The van der Waals surface area contributed by atoms with E-state index < -0.39 is 29.9 Å². The zero-order chi connectivity index (χ0) is 52.1. The molecule has 8 rings (SSSR count). The van der Waals surface area contributed by atoms with Crippen molar-refractivity contribution in [1.82, 2.24) is 20.0 Å². The summed E-state index contributed by atoms with van der Waals surface area (Å²) >= 11 is 0. The molecule has 4 atom stereocenters. The summed E-state index contributed by atoms with van der Waals surface area (Å²) in [6, 6.07) is 50.6. The maximum atomic E-state index is 14.0. The number of rotatable bonds is 18. The lowest BCUT2D eigenvalue weighted by molar-refractivity contribution is -0.151. The van der Waals surface area contributed by atoms with Crippen LogP contribution in [0.3, 0.4) is 0 Å². The number of likely N-dealkylation sites (tertiary alicyclic amines) is 2. The molecule has 2 amide bonds. The molecule has 0 saturated carbocycles. The molecular weight excluding hydrogens is 939 g/mol. The number of carbonyl (C=O) groups is 4. The standard InChI is InChI=1S/C30H33FN2O3.C29H31FN2O3.CH4O.CH4/c1-32(19-9-10-22-15-17-25(31)18-16-22)26-20-27(30(35)36-2)33(21-26)29(34)28(23-11-5-3-6-12-23)24-13-7-4-8-14-24;1-35-29(34)26-19-25(31-18-8-9-21-14-16-24(30)17-15-21)20-32(26)28(33)27(22-10-4-2-5-11-22)23-12-6-3-7-13-23;1-2;/h3-8,11-18,26-28H,9-10,19-21H2,1-2H3;2-7,10-17,25-27,31H,8-9,18-20H2,1H3;2H,1H3;1H4/t26-,27-;25-,26-;;/m00../s1. The number of nitrogens with one attached hydrogen (secondary N) is 1. The van der Waals surface area contributed by atoms with Crippen LogP contribution in [0.4, 0.5) is 8.78 Å². The van der Waals surface area contributed by atoms with Gasteiger partial charge in [-0.1, -0.05) is 153 Å². The van der Waals surface area contributed by atoms with Gasteiger partial charge >= 0.3 is 11.9 Å². The number of aryl methyl sites for hydroxylation is 2. The fraction of sp³-hybridized carbons (Fsp3) is 0.344. The van der Waals surface area contributed by atoms with Gasteiger partial charge in [0.2, 0.25) is 11.8 Å². The molecule has 2 N–H and O–H groups in total. The summed E-state index contributed by atoms with van der Waals surface area (Å²) in [6.45, 7) is 2.44. The molecule has 0 radical (unpaired) electrons. The van der Waals surface area contributed by atoms with Crippen LogP contribution in [-0.2, 0) is 41.5 Å². The number of esters is 2. The van der Waals surface area contributed by atoms with Gasteiger partial charge in [0.25, 0.3) is 0 Å². The van der Waals surface area contributed by atoms with Gasteiger partial charge in [-0.2, -0.15) is 0 Å². The first-order valence-electron chi connectivity index (χ1n) is 24.9. The first-order valence-corrected chi connectivity index (χ1v) is 24.9. The van der Waals surface area contributed by atoms with Gasteiger partial charge in [-0.3, -0.25) is 9.59 Å². The number of benzene rings is 6. The second kappa shape index (κ2) is 29.6. The second-order valence-electron chi connectivity index (χ2n) is 18.3. The topological polar surface area (TPSA) is 129 Å². The summed E-state index contributed by atoms with van der Waals surface area (Å²) in [4.78, 5) is 59.0. The first-order chi connectivity index (χ1) is 35.5. The zero-order valence-electron chi connectivity index (χ0n) is 42.2. The number of methoxy groups -OCH3 is 2. The normalized spacial score (nSPS) is 16.9. The molecule has 0 spiro atoms. The number of ether oxygens (including phenoxy) is 2. The monoisotopic (exact) mass is 1010 g/mol. The summed E-state index contributed by atoms with van der Waals surface area (Å²) < 4.78 is 36.4. The number of amides is 2. The Morgan fingerprint density at radius 3 is 1.32 bits per heavy atom. The molecule has 0 aliphatic carbocycles. The Hall–Kier alpha value is -7.06. The molecule has 0 bridgehead atoms. The van der Waals surface area contributed by atoms with Crippen LogP contribution in [-0.4, -0.2) is 122 Å². The SMILES string of the molecule is C.CO.COC(=O)[C@@H]1C[C@H](N(C)CCCc2ccc(F)cc2)CN1C(=O)C(c1ccccc1)c1ccccc1.COC(=O)[C@@H]1C[C@H](NCCCc2ccc(F)cc2)CN1C(=O)C(c1ccccc1)c1ccccc1. The molecule has 2 aliphatic heterocycles. The summed E-state index contributed by atoms with van der Waals surface area (Å²) in [5.41, 5.74) is 5.75. The Bertz CT molecular complexity index is 2530. The van der Waals surface area contributed by atoms with E-state index in [0.29, 0.717) is 25.9 Å². The third-order valence-electron chi connectivity index (χ3n) is 13.6. The molecule has 6 aromatic rings. The van der Waals surface area contributed by atoms with Crippen molar-refractivity contribution >= 4 is 23.8 Å². The second-order valence-corrected chi connectivity index (χ2v) is 18.3. The molecule has 6 aromatic carbocycles. The van der Waals surface area contributed by atoms with Gasteiger partial charge in [0.05, 0.1) is 26.1 Å². The van der Waals surface area contributed by atoms with Crippen LogP contribution in [0, 0.1) is 11.6 Å². The van der Waals surface area contributed by atoms with Gasteiger partial charge < -0.3 is 34.6 Å². The Morgan fingerprint density at radius 2 is 0.932 bits per heavy atom. The average molecular weight is 1010 g/mol. The van der Waals surface area contributed by atoms with Gasteiger partial charge in [-0.15, -0.1) is 0 Å². The van der Waals surface area contributed by atoms with Crippen LogP contribution in [0.5, 0.6) is 0 Å². The Kier molecular flexibility index (Phi) is 23.1. The van der Waals surface area contributed by atoms with E-state index in [1.165, 1.54) is 38.5 Å². The van der Waals surface area contributed by atoms with E-state index in [1.54, 1.807) is 21.9 Å². The van der Waals surface area contributed by atoms with Gasteiger partial charge in [-0.05, 0) is 116 Å². The van der Waals surface area contributed by atoms with Crippen molar-refractivity contribution in [3.8, 4) is 0 Å². The lowest BCUT2D eigenvalue weighted by Crippen LogP contribution is -2.44. The molecule has 2 aliphatic rings. The van der Waals surface area contributed by atoms with Crippen LogP contribution in [0.15, 0.2) is 170 Å². The van der Waals surface area contributed by atoms with Crippen LogP contribution >= 0.6 is 0 Å². The van der Waals surface area contributed by atoms with E-state index in [0.717, 1.165) is 79.3 Å². The van der Waals surface area contributed by atoms with E-state index in [-0.39, 0.29) is 48.9 Å². The van der Waals surface area contributed by atoms with E-state index >= 15 is 0 Å². The minimum Gasteiger partial charge on any atom is -0.467 e. The maximum Gasteiger partial charge on any atom is 0.328 e. The average Bonchev–Trinajstić information content (AvgIpc) is 4.09. The minimum absolute atomic E-state index is 0. The number of hydrogen-bond donors (Lipinski definition) is 2. The van der Waals surface area contributed by atoms with Crippen molar-refractivity contribution in [2.75, 3.05) is 54.6 Å². The van der Waals surface area contributed by atoms with Crippen molar-refractivity contribution in [1.29, 1.82) is 0 Å². The van der Waals surface area contributed by atoms with Gasteiger partial charge in [0.1, 0.15) is 23.7 Å². The van der Waals surface area contributed by atoms with Crippen LogP contribution in [0.2, 0.25) is 0 Å². The van der Waals surface area contributed by atoms with Gasteiger partial charge in [0.15, 0.2) is 0 Å². The van der Waals surface area contributed by atoms with Gasteiger partial charge in [0, 0.05) is 32.3 Å². The summed E-state index contributed by atoms with van der Waals surface area (Å²) in [5, 5.41) is 10.5. The van der Waals surface area contributed by atoms with Crippen molar-refractivity contribution in [3.63, 3.8) is 0 Å². The third-order valence-corrected chi connectivity index (χ3v) is 13.6. The highest BCUT2D eigenvalue weighted by Crippen LogP contribution is 2.33. The minimum atomic E-state index is -0.628. The number of halogens is 2. The van der Waals surface area contributed by atoms with E-state index in [2.05, 4.69) is 10.2 Å². The fourth-order valence-electron chi connectivity index (χ4n) is 9.81. The lowest BCUT2D eigenvalue weighted by atomic mass is 9.90. The molecule has 2 fully saturated rings. The highest BCUT2D eigenvalue weighted by atomic mass is 19.1. The number of aliphatic hydroxyl groups is 1. The zero-order valence-corrected chi connectivity index (χ0v) is 42.2. The molecule has 11 nitrogen and oxygen atoms in total. The largest absolute Gasteiger partial charge is 0.467 e. The van der Waals surface area contributed by atoms with Gasteiger partial charge in [-0.25, -0.2) is 18.4 Å². The maximum absolute atomic E-state index is 14.0. The van der Waals surface area contributed by atoms with E-state index in [4.69, 9.17) is 14.6 Å². The first kappa shape index (κ1) is 57.8. The number of aliphatic hydroxyl groups excluding tert-OH is 1. The van der Waals surface area contributed by atoms with Crippen LogP contribution in [0.25, 0.3) is 0 Å². The Balaban J connectivity index is 0.000000262. The van der Waals surface area contributed by atoms with Crippen LogP contribution < -0.4 is 5.32 Å². The third kappa shape index (κ3) is 15.7. The summed E-state index contributed by atoms with van der Waals surface area (Å²) in [7, 11) is 5.76. The van der Waals surface area contributed by atoms with E-state index in [9.17, 15) is 28.0 Å². The summed E-state index contributed by atoms with van der Waals surface area (Å²) in [6.07, 6.45) is 4.46. The van der Waals surface area contributed by atoms with Crippen molar-refractivity contribution < 1.29 is 42.5 Å². The molecule has 74 heavy (non-hydrogen) atoms. The fourth-order valence-corrected chi connectivity index (χ4v) is 9.81.